The van der Waals surface area contributed by atoms with Gasteiger partial charge in [0.2, 0.25) is 0 Å². The third-order valence-electron chi connectivity index (χ3n) is 5.23. The lowest BCUT2D eigenvalue weighted by molar-refractivity contribution is 0.192. The molecule has 2 nitrogen and oxygen atoms in total. The number of anilines is 1. The van der Waals surface area contributed by atoms with Crippen molar-refractivity contribution in [2.75, 3.05) is 18.0 Å². The van der Waals surface area contributed by atoms with Crippen molar-refractivity contribution in [2.24, 2.45) is 23.5 Å². The minimum Gasteiger partial charge on any atom is -0.371 e. The molecule has 1 fully saturated rings. The second kappa shape index (κ2) is 7.31. The van der Waals surface area contributed by atoms with Gasteiger partial charge in [0.05, 0.1) is 0 Å². The van der Waals surface area contributed by atoms with E-state index in [0.717, 1.165) is 24.9 Å². The highest BCUT2D eigenvalue weighted by atomic mass is 15.1. The van der Waals surface area contributed by atoms with E-state index in [0.29, 0.717) is 12.0 Å². The lowest BCUT2D eigenvalue weighted by Crippen LogP contribution is -2.44. The Morgan fingerprint density at radius 2 is 2.05 bits per heavy atom. The van der Waals surface area contributed by atoms with Crippen LogP contribution in [0.1, 0.15) is 45.6 Å². The Morgan fingerprint density at radius 1 is 1.29 bits per heavy atom. The summed E-state index contributed by atoms with van der Waals surface area (Å²) in [5, 5.41) is 0. The highest BCUT2D eigenvalue weighted by molar-refractivity contribution is 5.48. The molecule has 1 aromatic rings. The van der Waals surface area contributed by atoms with Crippen molar-refractivity contribution < 1.29 is 0 Å². The van der Waals surface area contributed by atoms with E-state index in [2.05, 4.69) is 56.9 Å². The molecule has 1 aliphatic carbocycles. The van der Waals surface area contributed by atoms with E-state index in [1.807, 2.05) is 0 Å². The molecule has 21 heavy (non-hydrogen) atoms. The van der Waals surface area contributed by atoms with Crippen LogP contribution in [0.2, 0.25) is 0 Å². The molecule has 2 rings (SSSR count). The number of nitrogens with two attached hydrogens (primary N) is 1. The van der Waals surface area contributed by atoms with Crippen LogP contribution in [0.15, 0.2) is 24.3 Å². The monoisotopic (exact) mass is 288 g/mol. The molecule has 0 aliphatic heterocycles. The van der Waals surface area contributed by atoms with Gasteiger partial charge >= 0.3 is 0 Å². The summed E-state index contributed by atoms with van der Waals surface area (Å²) in [4.78, 5) is 2.50. The van der Waals surface area contributed by atoms with Crippen molar-refractivity contribution >= 4 is 5.69 Å². The van der Waals surface area contributed by atoms with Gasteiger partial charge in [-0.25, -0.2) is 0 Å². The highest BCUT2D eigenvalue weighted by Crippen LogP contribution is 2.34. The van der Waals surface area contributed by atoms with Gasteiger partial charge in [0.15, 0.2) is 0 Å². The van der Waals surface area contributed by atoms with Gasteiger partial charge in [-0.15, -0.1) is 0 Å². The maximum absolute atomic E-state index is 6.43. The lowest BCUT2D eigenvalue weighted by Gasteiger charge is -2.39. The van der Waals surface area contributed by atoms with Crippen molar-refractivity contribution in [1.82, 2.24) is 0 Å². The zero-order valence-electron chi connectivity index (χ0n) is 14.2. The second-order valence-electron chi connectivity index (χ2n) is 7.12. The molecule has 3 atom stereocenters. The van der Waals surface area contributed by atoms with Gasteiger partial charge in [0.25, 0.3) is 0 Å². The quantitative estimate of drug-likeness (QED) is 0.879. The van der Waals surface area contributed by atoms with Crippen LogP contribution in [0.3, 0.4) is 0 Å². The number of hydrogen-bond acceptors (Lipinski definition) is 2. The third-order valence-corrected chi connectivity index (χ3v) is 5.23. The Hall–Kier alpha value is -1.02. The molecule has 3 unspecified atom stereocenters. The molecular weight excluding hydrogens is 256 g/mol. The molecule has 0 aromatic heterocycles. The third kappa shape index (κ3) is 4.23. The predicted molar refractivity (Wildman–Crippen MR) is 92.7 cm³/mol. The van der Waals surface area contributed by atoms with E-state index in [1.165, 1.54) is 30.5 Å². The molecule has 0 heterocycles. The molecule has 1 aliphatic rings. The van der Waals surface area contributed by atoms with Gasteiger partial charge in [0.1, 0.15) is 0 Å². The number of rotatable bonds is 5. The highest BCUT2D eigenvalue weighted by Gasteiger charge is 2.30. The van der Waals surface area contributed by atoms with Crippen molar-refractivity contribution in [3.8, 4) is 0 Å². The first kappa shape index (κ1) is 16.4. The summed E-state index contributed by atoms with van der Waals surface area (Å²) in [6.07, 6.45) is 3.80. The number of aryl methyl sites for hydroxylation is 1. The Labute approximate surface area is 130 Å². The van der Waals surface area contributed by atoms with E-state index in [4.69, 9.17) is 5.73 Å². The summed E-state index contributed by atoms with van der Waals surface area (Å²) in [5.74, 6) is 2.27. The molecule has 1 saturated carbocycles. The summed E-state index contributed by atoms with van der Waals surface area (Å²) < 4.78 is 0. The normalized spacial score (nSPS) is 26.1. The van der Waals surface area contributed by atoms with Gasteiger partial charge in [-0.3, -0.25) is 0 Å². The fraction of sp³-hybridized carbons (Fsp3) is 0.684. The van der Waals surface area contributed by atoms with E-state index in [9.17, 15) is 0 Å². The summed E-state index contributed by atoms with van der Waals surface area (Å²) >= 11 is 0. The van der Waals surface area contributed by atoms with Crippen molar-refractivity contribution in [1.29, 1.82) is 0 Å². The fourth-order valence-corrected chi connectivity index (χ4v) is 3.66. The van der Waals surface area contributed by atoms with Crippen LogP contribution in [0.5, 0.6) is 0 Å². The average Bonchev–Trinajstić information content (AvgIpc) is 2.46. The maximum atomic E-state index is 6.43. The fourth-order valence-electron chi connectivity index (χ4n) is 3.66. The first-order valence-corrected chi connectivity index (χ1v) is 8.58. The standard InChI is InChI=1S/C19H32N2/c1-5-21(18-8-6-7-15(4)11-18)13-17-12-16(14(2)3)9-10-19(17)20/h6-8,11,14,16-17,19H,5,9-10,12-13,20H2,1-4H3. The Bertz CT molecular complexity index is 441. The van der Waals surface area contributed by atoms with E-state index in [1.54, 1.807) is 0 Å². The molecule has 0 saturated heterocycles. The summed E-state index contributed by atoms with van der Waals surface area (Å²) in [6.45, 7) is 11.3. The Morgan fingerprint density at radius 3 is 2.67 bits per heavy atom. The van der Waals surface area contributed by atoms with Crippen LogP contribution in [0.4, 0.5) is 5.69 Å². The first-order valence-electron chi connectivity index (χ1n) is 8.58. The van der Waals surface area contributed by atoms with Gasteiger partial charge in [-0.2, -0.15) is 0 Å². The summed E-state index contributed by atoms with van der Waals surface area (Å²) in [7, 11) is 0. The van der Waals surface area contributed by atoms with Crippen LogP contribution in [-0.4, -0.2) is 19.1 Å². The zero-order chi connectivity index (χ0) is 15.4. The number of benzene rings is 1. The summed E-state index contributed by atoms with van der Waals surface area (Å²) in [6, 6.07) is 9.21. The van der Waals surface area contributed by atoms with Crippen LogP contribution >= 0.6 is 0 Å². The molecular formula is C19H32N2. The van der Waals surface area contributed by atoms with Gasteiger partial charge in [-0.1, -0.05) is 26.0 Å². The topological polar surface area (TPSA) is 29.3 Å². The van der Waals surface area contributed by atoms with Crippen LogP contribution < -0.4 is 10.6 Å². The van der Waals surface area contributed by atoms with Gasteiger partial charge in [0, 0.05) is 24.8 Å². The average molecular weight is 288 g/mol. The van der Waals surface area contributed by atoms with E-state index >= 15 is 0 Å². The zero-order valence-corrected chi connectivity index (χ0v) is 14.2. The van der Waals surface area contributed by atoms with Gasteiger partial charge in [-0.05, 0) is 68.6 Å². The number of hydrogen-bond donors (Lipinski definition) is 1. The van der Waals surface area contributed by atoms with E-state index < -0.39 is 0 Å². The largest absolute Gasteiger partial charge is 0.371 e. The smallest absolute Gasteiger partial charge is 0.0368 e. The van der Waals surface area contributed by atoms with Crippen LogP contribution in [-0.2, 0) is 0 Å². The molecule has 118 valence electrons. The molecule has 2 N–H and O–H groups in total. The van der Waals surface area contributed by atoms with Crippen molar-refractivity contribution in [3.63, 3.8) is 0 Å². The molecule has 0 radical (unpaired) electrons. The molecule has 0 spiro atoms. The second-order valence-corrected chi connectivity index (χ2v) is 7.12. The minimum absolute atomic E-state index is 0.374. The first-order chi connectivity index (χ1) is 10.0. The minimum atomic E-state index is 0.374. The SMILES string of the molecule is CCN(CC1CC(C(C)C)CCC1N)c1cccc(C)c1. The molecule has 1 aromatic carbocycles. The molecule has 2 heteroatoms. The molecule has 0 bridgehead atoms. The molecule has 0 amide bonds. The maximum Gasteiger partial charge on any atom is 0.0368 e. The van der Waals surface area contributed by atoms with Crippen LogP contribution in [0.25, 0.3) is 0 Å². The Kier molecular flexibility index (Phi) is 5.69. The lowest BCUT2D eigenvalue weighted by atomic mass is 9.73. The van der Waals surface area contributed by atoms with Gasteiger partial charge < -0.3 is 10.6 Å². The van der Waals surface area contributed by atoms with E-state index in [-0.39, 0.29) is 0 Å². The predicted octanol–water partition coefficient (Wildman–Crippen LogP) is 4.22. The summed E-state index contributed by atoms with van der Waals surface area (Å²) in [5.41, 5.74) is 9.10. The van der Waals surface area contributed by atoms with Crippen LogP contribution in [0, 0.1) is 24.7 Å². The van der Waals surface area contributed by atoms with Crippen molar-refractivity contribution in [2.45, 2.75) is 53.0 Å². The van der Waals surface area contributed by atoms with Crippen molar-refractivity contribution in [3.05, 3.63) is 29.8 Å². The number of nitrogens with zero attached hydrogens (tertiary/aromatic N) is 1. The Balaban J connectivity index is 2.06.